The Morgan fingerprint density at radius 1 is 1.14 bits per heavy atom. The molecule has 0 aliphatic rings. The fraction of sp³-hybridized carbons (Fsp3) is 0.290. The van der Waals surface area contributed by atoms with Crippen molar-refractivity contribution in [2.24, 2.45) is 5.10 Å². The molecule has 218 valence electrons. The van der Waals surface area contributed by atoms with E-state index in [1.807, 2.05) is 32.9 Å². The van der Waals surface area contributed by atoms with Gasteiger partial charge in [-0.3, -0.25) is 14.9 Å². The Bertz CT molecular complexity index is 1740. The highest BCUT2D eigenvalue weighted by molar-refractivity contribution is 5.87. The van der Waals surface area contributed by atoms with E-state index >= 15 is 0 Å². The normalized spacial score (nSPS) is 12.1. The summed E-state index contributed by atoms with van der Waals surface area (Å²) in [6, 6.07) is 15.0. The van der Waals surface area contributed by atoms with Crippen LogP contribution >= 0.6 is 0 Å². The summed E-state index contributed by atoms with van der Waals surface area (Å²) in [6.45, 7) is 9.18. The number of fused-ring (bicyclic) bond motifs is 1. The van der Waals surface area contributed by atoms with E-state index in [-0.39, 0.29) is 35.3 Å². The fourth-order valence-electron chi connectivity index (χ4n) is 4.49. The lowest BCUT2D eigenvalue weighted by Crippen LogP contribution is -2.27. The van der Waals surface area contributed by atoms with Crippen LogP contribution in [0, 0.1) is 17.0 Å². The van der Waals surface area contributed by atoms with Gasteiger partial charge in [-0.05, 0) is 68.1 Å². The molecule has 11 heteroatoms. The Balaban J connectivity index is 1.94. The Hall–Kier alpha value is -5.06. The summed E-state index contributed by atoms with van der Waals surface area (Å²) >= 11 is 0. The summed E-state index contributed by atoms with van der Waals surface area (Å²) in [5.41, 5.74) is 2.29. The highest BCUT2D eigenvalue weighted by atomic mass is 16.6. The standard InChI is InChI=1S/C31H32N4O7/c1-7-41-31(37)20(5)42-28-21(11-10-14-26(28)35(38)39)17-32-34-29(33-25-13-9-8-12-22(25)30(34)36)24-16-23(18(2)3)27(40-6)15-19(24)4/h8-18,20H,7H2,1-6H3/t20-/m0/s1. The van der Waals surface area contributed by atoms with Crippen LogP contribution in [-0.4, -0.2) is 46.6 Å². The number of para-hydroxylation sites is 2. The minimum absolute atomic E-state index is 0.120. The minimum atomic E-state index is -1.13. The maximum atomic E-state index is 13.8. The second-order valence-corrected chi connectivity index (χ2v) is 9.84. The lowest BCUT2D eigenvalue weighted by molar-refractivity contribution is -0.386. The number of aromatic nitrogens is 2. The topological polar surface area (TPSA) is 135 Å². The molecule has 11 nitrogen and oxygen atoms in total. The van der Waals surface area contributed by atoms with Crippen molar-refractivity contribution in [1.82, 2.24) is 9.66 Å². The summed E-state index contributed by atoms with van der Waals surface area (Å²) in [6.07, 6.45) is 0.152. The Morgan fingerprint density at radius 3 is 2.55 bits per heavy atom. The number of aryl methyl sites for hydroxylation is 1. The van der Waals surface area contributed by atoms with E-state index in [9.17, 15) is 19.7 Å². The van der Waals surface area contributed by atoms with Gasteiger partial charge in [-0.1, -0.05) is 32.0 Å². The minimum Gasteiger partial charge on any atom is -0.496 e. The van der Waals surface area contributed by atoms with E-state index in [1.54, 1.807) is 44.4 Å². The number of nitro benzene ring substituents is 1. The molecule has 0 saturated carbocycles. The first-order valence-corrected chi connectivity index (χ1v) is 13.4. The molecule has 0 amide bonds. The Kier molecular flexibility index (Phi) is 8.99. The molecular weight excluding hydrogens is 540 g/mol. The van der Waals surface area contributed by atoms with Crippen molar-refractivity contribution in [3.05, 3.63) is 91.8 Å². The molecule has 1 atom stereocenters. The van der Waals surface area contributed by atoms with E-state index in [1.165, 1.54) is 29.9 Å². The van der Waals surface area contributed by atoms with Crippen LogP contribution in [0.15, 0.2) is 64.5 Å². The van der Waals surface area contributed by atoms with Gasteiger partial charge in [0.25, 0.3) is 5.56 Å². The zero-order chi connectivity index (χ0) is 30.6. The van der Waals surface area contributed by atoms with Crippen molar-refractivity contribution in [2.75, 3.05) is 13.7 Å². The Morgan fingerprint density at radius 2 is 1.88 bits per heavy atom. The number of hydrogen-bond acceptors (Lipinski definition) is 9. The smallest absolute Gasteiger partial charge is 0.347 e. The quantitative estimate of drug-likeness (QED) is 0.103. The van der Waals surface area contributed by atoms with Gasteiger partial charge in [0.15, 0.2) is 11.9 Å². The van der Waals surface area contributed by atoms with Gasteiger partial charge in [-0.2, -0.15) is 9.78 Å². The summed E-state index contributed by atoms with van der Waals surface area (Å²) in [7, 11) is 1.61. The molecule has 3 aromatic carbocycles. The monoisotopic (exact) mass is 572 g/mol. The largest absolute Gasteiger partial charge is 0.496 e. The van der Waals surface area contributed by atoms with Crippen LogP contribution in [0.1, 0.15) is 50.3 Å². The number of rotatable bonds is 10. The summed E-state index contributed by atoms with van der Waals surface area (Å²) in [5, 5.41) is 16.7. The molecule has 42 heavy (non-hydrogen) atoms. The average Bonchev–Trinajstić information content (AvgIpc) is 2.96. The van der Waals surface area contributed by atoms with Crippen molar-refractivity contribution >= 4 is 28.8 Å². The van der Waals surface area contributed by atoms with E-state index in [4.69, 9.17) is 19.2 Å². The van der Waals surface area contributed by atoms with Crippen LogP contribution in [-0.2, 0) is 9.53 Å². The van der Waals surface area contributed by atoms with Crippen molar-refractivity contribution in [1.29, 1.82) is 0 Å². The number of carbonyl (C=O) groups excluding carboxylic acids is 1. The first kappa shape index (κ1) is 29.9. The summed E-state index contributed by atoms with van der Waals surface area (Å²) in [4.78, 5) is 42.0. The lowest BCUT2D eigenvalue weighted by Gasteiger charge is -2.17. The van der Waals surface area contributed by atoms with Crippen LogP contribution in [0.5, 0.6) is 11.5 Å². The predicted molar refractivity (Wildman–Crippen MR) is 160 cm³/mol. The maximum Gasteiger partial charge on any atom is 0.347 e. The number of carbonyl (C=O) groups is 1. The first-order chi connectivity index (χ1) is 20.1. The van der Waals surface area contributed by atoms with Gasteiger partial charge >= 0.3 is 11.7 Å². The SMILES string of the molecule is CCOC(=O)[C@H](C)Oc1c(C=Nn2c(-c3cc(C(C)C)c(OC)cc3C)nc3ccccc3c2=O)cccc1[N+](=O)[O-]. The highest BCUT2D eigenvalue weighted by Gasteiger charge is 2.25. The molecule has 0 N–H and O–H groups in total. The molecule has 4 aromatic rings. The second kappa shape index (κ2) is 12.6. The number of ether oxygens (including phenoxy) is 3. The third kappa shape index (κ3) is 5.99. The molecule has 1 heterocycles. The Labute approximate surface area is 242 Å². The molecule has 0 fully saturated rings. The predicted octanol–water partition coefficient (Wildman–Crippen LogP) is 5.62. The molecule has 0 saturated heterocycles. The average molecular weight is 573 g/mol. The van der Waals surface area contributed by atoms with Crippen molar-refractivity contribution in [3.8, 4) is 22.9 Å². The molecule has 0 radical (unpaired) electrons. The van der Waals surface area contributed by atoms with Gasteiger partial charge < -0.3 is 14.2 Å². The third-order valence-corrected chi connectivity index (χ3v) is 6.64. The van der Waals surface area contributed by atoms with Gasteiger partial charge in [-0.25, -0.2) is 9.78 Å². The molecule has 0 aliphatic heterocycles. The van der Waals surface area contributed by atoms with E-state index in [2.05, 4.69) is 5.10 Å². The van der Waals surface area contributed by atoms with Gasteiger partial charge in [0.05, 0.1) is 35.8 Å². The zero-order valence-electron chi connectivity index (χ0n) is 24.3. The van der Waals surface area contributed by atoms with Gasteiger partial charge in [0.1, 0.15) is 5.75 Å². The number of esters is 1. The van der Waals surface area contributed by atoms with E-state index in [0.29, 0.717) is 16.5 Å². The lowest BCUT2D eigenvalue weighted by atomic mass is 9.96. The molecular formula is C31H32N4O7. The van der Waals surface area contributed by atoms with Crippen LogP contribution in [0.25, 0.3) is 22.3 Å². The van der Waals surface area contributed by atoms with Gasteiger partial charge in [0.2, 0.25) is 5.75 Å². The van der Waals surface area contributed by atoms with E-state index in [0.717, 1.165) is 16.9 Å². The van der Waals surface area contributed by atoms with Gasteiger partial charge in [-0.15, -0.1) is 0 Å². The zero-order valence-corrected chi connectivity index (χ0v) is 24.3. The van der Waals surface area contributed by atoms with Crippen LogP contribution in [0.4, 0.5) is 5.69 Å². The van der Waals surface area contributed by atoms with Crippen molar-refractivity contribution in [3.63, 3.8) is 0 Å². The number of benzene rings is 3. The fourth-order valence-corrected chi connectivity index (χ4v) is 4.49. The number of methoxy groups -OCH3 is 1. The number of nitro groups is 1. The summed E-state index contributed by atoms with van der Waals surface area (Å²) in [5.74, 6) is 0.266. The van der Waals surface area contributed by atoms with Crippen LogP contribution < -0.4 is 15.0 Å². The third-order valence-electron chi connectivity index (χ3n) is 6.64. The first-order valence-electron chi connectivity index (χ1n) is 13.4. The summed E-state index contributed by atoms with van der Waals surface area (Å²) < 4.78 is 17.5. The highest BCUT2D eigenvalue weighted by Crippen LogP contribution is 2.34. The number of hydrogen-bond donors (Lipinski definition) is 0. The van der Waals surface area contributed by atoms with Crippen LogP contribution in [0.2, 0.25) is 0 Å². The second-order valence-electron chi connectivity index (χ2n) is 9.84. The van der Waals surface area contributed by atoms with Crippen molar-refractivity contribution in [2.45, 2.75) is 46.6 Å². The number of nitrogens with zero attached hydrogens (tertiary/aromatic N) is 4. The van der Waals surface area contributed by atoms with Crippen LogP contribution in [0.3, 0.4) is 0 Å². The maximum absolute atomic E-state index is 13.8. The molecule has 0 unspecified atom stereocenters. The molecule has 0 bridgehead atoms. The molecule has 0 spiro atoms. The van der Waals surface area contributed by atoms with Crippen molar-refractivity contribution < 1.29 is 23.9 Å². The molecule has 4 rings (SSSR count). The molecule has 1 aromatic heterocycles. The van der Waals surface area contributed by atoms with E-state index < -0.39 is 22.6 Å². The van der Waals surface area contributed by atoms with Gasteiger partial charge in [0, 0.05) is 17.2 Å². The molecule has 0 aliphatic carbocycles.